The highest BCUT2D eigenvalue weighted by atomic mass is 127. The van der Waals surface area contributed by atoms with Gasteiger partial charge >= 0.3 is 0 Å². The first kappa shape index (κ1) is 17.5. The molecule has 0 aromatic heterocycles. The van der Waals surface area contributed by atoms with Crippen LogP contribution in [0.15, 0.2) is 64.2 Å². The Balaban J connectivity index is 1.69. The molecule has 4 rings (SSSR count). The molecule has 5 heteroatoms. The van der Waals surface area contributed by atoms with Gasteiger partial charge in [-0.3, -0.25) is 4.79 Å². The minimum Gasteiger partial charge on any atom is -0.326 e. The van der Waals surface area contributed by atoms with Crippen molar-refractivity contribution in [3.05, 3.63) is 75.4 Å². The largest absolute Gasteiger partial charge is 0.326 e. The second-order valence-electron chi connectivity index (χ2n) is 6.07. The van der Waals surface area contributed by atoms with Crippen molar-refractivity contribution in [2.24, 2.45) is 0 Å². The molecule has 0 N–H and O–H groups in total. The molecule has 2 aromatic carbocycles. The summed E-state index contributed by atoms with van der Waals surface area (Å²) in [5, 5.41) is 0. The van der Waals surface area contributed by atoms with Crippen molar-refractivity contribution in [2.75, 3.05) is 5.75 Å². The highest BCUT2D eigenvalue weighted by molar-refractivity contribution is 14.1. The summed E-state index contributed by atoms with van der Waals surface area (Å²) in [6.07, 6.45) is 0. The van der Waals surface area contributed by atoms with Gasteiger partial charge in [-0.1, -0.05) is 79.3 Å². The number of β-lactam (4-membered cyclic amide) rings is 1. The molecule has 0 bridgehead atoms. The Labute approximate surface area is 170 Å². The molecule has 0 unspecified atom stereocenters. The van der Waals surface area contributed by atoms with Crippen LogP contribution >= 0.6 is 46.1 Å². The number of hydrogen-bond acceptors (Lipinski definition) is 3. The summed E-state index contributed by atoms with van der Waals surface area (Å²) in [6.45, 7) is 2.82. The van der Waals surface area contributed by atoms with E-state index in [0.717, 1.165) is 5.75 Å². The molecule has 0 saturated carbocycles. The maximum atomic E-state index is 13.1. The molecule has 1 amide bonds. The number of benzene rings is 2. The van der Waals surface area contributed by atoms with Crippen LogP contribution in [0.5, 0.6) is 0 Å². The van der Waals surface area contributed by atoms with Crippen molar-refractivity contribution >= 4 is 56.9 Å². The average Bonchev–Trinajstić information content (AvgIpc) is 2.91. The van der Waals surface area contributed by atoms with Crippen LogP contribution in [0.1, 0.15) is 18.1 Å². The van der Waals surface area contributed by atoms with Gasteiger partial charge in [-0.15, -0.1) is 11.8 Å². The zero-order chi connectivity index (χ0) is 17.4. The summed E-state index contributed by atoms with van der Waals surface area (Å²) in [4.78, 5) is 16.4. The quantitative estimate of drug-likeness (QED) is 0.423. The fourth-order valence-electron chi connectivity index (χ4n) is 3.42. The second-order valence-corrected chi connectivity index (χ2v) is 10.3. The van der Waals surface area contributed by atoms with Gasteiger partial charge in [0.1, 0.15) is 0 Å². The summed E-state index contributed by atoms with van der Waals surface area (Å²) in [5.74, 6) is 1.21. The number of fused-ring (bicyclic) bond motifs is 1. The second kappa shape index (κ2) is 7.00. The van der Waals surface area contributed by atoms with Crippen LogP contribution in [-0.2, 0) is 11.3 Å². The van der Waals surface area contributed by atoms with Crippen molar-refractivity contribution in [2.45, 2.75) is 23.6 Å². The molecular formula is C20H18INOS2. The van der Waals surface area contributed by atoms with Crippen molar-refractivity contribution in [1.82, 2.24) is 4.90 Å². The highest BCUT2D eigenvalue weighted by Crippen LogP contribution is 2.65. The number of thioether (sulfide) groups is 2. The van der Waals surface area contributed by atoms with Gasteiger partial charge in [0.15, 0.2) is 4.08 Å². The number of carbonyl (C=O) groups excluding carboxylic acids is 1. The summed E-state index contributed by atoms with van der Waals surface area (Å²) in [6, 6.07) is 20.9. The van der Waals surface area contributed by atoms with Crippen molar-refractivity contribution in [1.29, 1.82) is 0 Å². The molecule has 2 aromatic rings. The average molecular weight is 479 g/mol. The summed E-state index contributed by atoms with van der Waals surface area (Å²) >= 11 is 6.01. The van der Waals surface area contributed by atoms with Gasteiger partial charge in [-0.05, 0) is 39.5 Å². The van der Waals surface area contributed by atoms with Gasteiger partial charge in [-0.2, -0.15) is 0 Å². The zero-order valence-corrected chi connectivity index (χ0v) is 17.6. The van der Waals surface area contributed by atoms with Gasteiger partial charge in [0.05, 0.1) is 6.04 Å². The summed E-state index contributed by atoms with van der Waals surface area (Å²) in [7, 11) is 0. The Morgan fingerprint density at radius 2 is 1.76 bits per heavy atom. The molecule has 0 spiro atoms. The van der Waals surface area contributed by atoms with Crippen LogP contribution in [0.2, 0.25) is 0 Å². The molecule has 2 atom stereocenters. The predicted octanol–water partition coefficient (Wildman–Crippen LogP) is 5.40. The minimum atomic E-state index is -0.370. The van der Waals surface area contributed by atoms with E-state index in [0.29, 0.717) is 6.54 Å². The smallest absolute Gasteiger partial charge is 0.252 e. The number of rotatable bonds is 5. The van der Waals surface area contributed by atoms with E-state index in [4.69, 9.17) is 0 Å². The highest BCUT2D eigenvalue weighted by Gasteiger charge is 2.66. The third-order valence-electron chi connectivity index (χ3n) is 4.53. The van der Waals surface area contributed by atoms with E-state index in [-0.39, 0.29) is 16.0 Å². The lowest BCUT2D eigenvalue weighted by molar-refractivity contribution is -0.144. The SMILES string of the molecule is CCS[C@]12SC(c3ccccc3)=C(I)[C@H]1N(Cc1ccccc1)C2=O. The Morgan fingerprint density at radius 3 is 2.40 bits per heavy atom. The van der Waals surface area contributed by atoms with Crippen molar-refractivity contribution in [3.8, 4) is 0 Å². The van der Waals surface area contributed by atoms with Crippen LogP contribution in [0.3, 0.4) is 0 Å². The number of carbonyl (C=O) groups is 1. The third kappa shape index (κ3) is 2.84. The predicted molar refractivity (Wildman–Crippen MR) is 117 cm³/mol. The molecule has 1 saturated heterocycles. The first-order chi connectivity index (χ1) is 12.2. The maximum Gasteiger partial charge on any atom is 0.252 e. The minimum absolute atomic E-state index is 0.172. The Kier molecular flexibility index (Phi) is 4.90. The van der Waals surface area contributed by atoms with Gasteiger partial charge in [0, 0.05) is 15.0 Å². The van der Waals surface area contributed by atoms with Gasteiger partial charge < -0.3 is 4.90 Å². The number of halogens is 1. The van der Waals surface area contributed by atoms with E-state index in [9.17, 15) is 4.79 Å². The van der Waals surface area contributed by atoms with Gasteiger partial charge in [0.25, 0.3) is 5.91 Å². The molecule has 1 fully saturated rings. The number of likely N-dealkylation sites (tertiary alicyclic amines) is 1. The maximum absolute atomic E-state index is 13.1. The number of amides is 1. The summed E-state index contributed by atoms with van der Waals surface area (Å²) < 4.78 is 0.927. The van der Waals surface area contributed by atoms with E-state index in [1.807, 2.05) is 29.2 Å². The molecule has 0 aliphatic carbocycles. The van der Waals surface area contributed by atoms with Crippen LogP contribution in [-0.4, -0.2) is 26.7 Å². The molecule has 2 aliphatic heterocycles. The van der Waals surface area contributed by atoms with Crippen LogP contribution in [0.25, 0.3) is 4.91 Å². The van der Waals surface area contributed by atoms with E-state index < -0.39 is 0 Å². The molecule has 25 heavy (non-hydrogen) atoms. The van der Waals surface area contributed by atoms with Gasteiger partial charge in [0.2, 0.25) is 0 Å². The van der Waals surface area contributed by atoms with Crippen LogP contribution < -0.4 is 0 Å². The first-order valence-electron chi connectivity index (χ1n) is 8.30. The number of hydrogen-bond donors (Lipinski definition) is 0. The van der Waals surface area contributed by atoms with Crippen LogP contribution in [0.4, 0.5) is 0 Å². The first-order valence-corrected chi connectivity index (χ1v) is 11.2. The van der Waals surface area contributed by atoms with Crippen LogP contribution in [0, 0.1) is 0 Å². The van der Waals surface area contributed by atoms with E-state index in [1.165, 1.54) is 19.6 Å². The topological polar surface area (TPSA) is 20.3 Å². The van der Waals surface area contributed by atoms with E-state index in [2.05, 4.69) is 65.9 Å². The fourth-order valence-corrected chi connectivity index (χ4v) is 8.52. The lowest BCUT2D eigenvalue weighted by Gasteiger charge is -2.51. The lowest BCUT2D eigenvalue weighted by Crippen LogP contribution is -2.68. The monoisotopic (exact) mass is 479 g/mol. The molecule has 2 aliphatic rings. The Hall–Kier alpha value is -0.920. The lowest BCUT2D eigenvalue weighted by atomic mass is 9.98. The Morgan fingerprint density at radius 1 is 1.12 bits per heavy atom. The van der Waals surface area contributed by atoms with E-state index in [1.54, 1.807) is 23.5 Å². The molecule has 2 heterocycles. The van der Waals surface area contributed by atoms with Crippen molar-refractivity contribution < 1.29 is 4.79 Å². The summed E-state index contributed by atoms with van der Waals surface area (Å²) in [5.41, 5.74) is 2.41. The number of nitrogens with zero attached hydrogens (tertiary/aromatic N) is 1. The Bertz CT molecular complexity index is 824. The van der Waals surface area contributed by atoms with Gasteiger partial charge in [-0.25, -0.2) is 0 Å². The van der Waals surface area contributed by atoms with Crippen molar-refractivity contribution in [3.63, 3.8) is 0 Å². The fraction of sp³-hybridized carbons (Fsp3) is 0.250. The standard InChI is InChI=1S/C20H18INOS2/c1-2-24-20-18(16(21)17(25-20)15-11-7-4-8-12-15)22(19(20)23)13-14-9-5-3-6-10-14/h3-12,18H,2,13H2,1H3/t18-,20+/m1/s1. The molecule has 0 radical (unpaired) electrons. The normalized spacial score (nSPS) is 25.1. The van der Waals surface area contributed by atoms with E-state index >= 15 is 0 Å². The molecule has 128 valence electrons. The molecular weight excluding hydrogens is 461 g/mol. The molecule has 2 nitrogen and oxygen atoms in total. The zero-order valence-electron chi connectivity index (χ0n) is 13.8. The third-order valence-corrected chi connectivity index (χ3v) is 9.11.